The number of nitrogens with zero attached hydrogens (tertiary/aromatic N) is 3. The van der Waals surface area contributed by atoms with Crippen LogP contribution in [0.1, 0.15) is 19.0 Å². The molecular weight excluding hydrogens is 451 g/mol. The number of allylic oxidation sites excluding steroid dienone is 1. The summed E-state index contributed by atoms with van der Waals surface area (Å²) < 4.78 is 6.18. The second kappa shape index (κ2) is 9.11. The number of methoxy groups -OCH3 is 1. The number of carbonyl (C=O) groups is 2. The Morgan fingerprint density at radius 3 is 2.77 bits per heavy atom. The van der Waals surface area contributed by atoms with Gasteiger partial charge in [0.05, 0.1) is 27.8 Å². The van der Waals surface area contributed by atoms with Crippen LogP contribution in [0.5, 0.6) is 5.75 Å². The van der Waals surface area contributed by atoms with Crippen LogP contribution in [0.2, 0.25) is 10.0 Å². The number of hydrazone groups is 1. The van der Waals surface area contributed by atoms with E-state index in [-0.39, 0.29) is 17.4 Å². The van der Waals surface area contributed by atoms with Crippen LogP contribution in [-0.4, -0.2) is 44.8 Å². The third kappa shape index (κ3) is 4.48. The van der Waals surface area contributed by atoms with Gasteiger partial charge in [-0.1, -0.05) is 35.3 Å². The fourth-order valence-electron chi connectivity index (χ4n) is 2.85. The van der Waals surface area contributed by atoms with Crippen molar-refractivity contribution in [3.05, 3.63) is 44.9 Å². The van der Waals surface area contributed by atoms with Crippen molar-refractivity contribution in [3.8, 4) is 17.0 Å². The van der Waals surface area contributed by atoms with Gasteiger partial charge in [-0.15, -0.1) is 11.8 Å². The van der Waals surface area contributed by atoms with E-state index in [1.54, 1.807) is 38.2 Å². The predicted octanol–water partition coefficient (Wildman–Crippen LogP) is 3.50. The van der Waals surface area contributed by atoms with E-state index in [4.69, 9.17) is 23.2 Å². The van der Waals surface area contributed by atoms with Crippen molar-refractivity contribution in [2.75, 3.05) is 7.11 Å². The van der Waals surface area contributed by atoms with Crippen molar-refractivity contribution >= 4 is 52.6 Å². The molecule has 11 heteroatoms. The summed E-state index contributed by atoms with van der Waals surface area (Å²) in [6.07, 6.45) is 2.07. The van der Waals surface area contributed by atoms with Crippen LogP contribution in [0, 0.1) is 0 Å². The molecule has 0 bridgehead atoms. The Morgan fingerprint density at radius 1 is 1.37 bits per heavy atom. The van der Waals surface area contributed by atoms with Gasteiger partial charge in [0.1, 0.15) is 10.9 Å². The minimum atomic E-state index is -0.453. The average Bonchev–Trinajstić information content (AvgIpc) is 3.32. The van der Waals surface area contributed by atoms with Gasteiger partial charge in [0.2, 0.25) is 0 Å². The molecule has 30 heavy (non-hydrogen) atoms. The smallest absolute Gasteiger partial charge is 0.319 e. The van der Waals surface area contributed by atoms with E-state index < -0.39 is 11.2 Å². The quantitative estimate of drug-likeness (QED) is 0.395. The summed E-state index contributed by atoms with van der Waals surface area (Å²) in [4.78, 5) is 24.3. The molecule has 2 heterocycles. The monoisotopic (exact) mass is 468 g/mol. The fraction of sp³-hybridized carbons (Fsp3) is 0.263. The van der Waals surface area contributed by atoms with Crippen LogP contribution < -0.4 is 5.43 Å². The second-order valence-corrected chi connectivity index (χ2v) is 8.43. The Bertz CT molecular complexity index is 1080. The van der Waals surface area contributed by atoms with E-state index in [0.717, 1.165) is 11.8 Å². The van der Waals surface area contributed by atoms with Crippen LogP contribution in [0.15, 0.2) is 34.3 Å². The van der Waals surface area contributed by atoms with Gasteiger partial charge >= 0.3 is 5.97 Å². The highest BCUT2D eigenvalue weighted by atomic mass is 35.5. The fourth-order valence-corrected chi connectivity index (χ4v) is 4.19. The van der Waals surface area contributed by atoms with Gasteiger partial charge in [-0.3, -0.25) is 14.3 Å². The van der Waals surface area contributed by atoms with Crippen molar-refractivity contribution in [3.63, 3.8) is 0 Å². The Labute approximate surface area is 186 Å². The number of aryl methyl sites for hydroxylation is 1. The molecule has 2 aromatic rings. The standard InChI is InChI=1S/C19H18Cl2N4O4S/c1-9(22-23-18(27)13-6-7-14(30-13)19(28)29-3)15-17(26)16(25(2)24-15)10-4-5-11(20)12(21)8-10/h4-6,8,14,26H,7H2,1-3H3,(H,23,27)/b22-9+. The molecule has 0 radical (unpaired) electrons. The highest BCUT2D eigenvalue weighted by Crippen LogP contribution is 2.35. The first-order valence-electron chi connectivity index (χ1n) is 8.74. The Morgan fingerprint density at radius 2 is 2.10 bits per heavy atom. The molecule has 8 nitrogen and oxygen atoms in total. The molecule has 2 N–H and O–H groups in total. The van der Waals surface area contributed by atoms with Gasteiger partial charge in [-0.05, 0) is 25.5 Å². The number of benzene rings is 1. The number of hydrogen-bond acceptors (Lipinski definition) is 7. The third-order valence-electron chi connectivity index (χ3n) is 4.36. The van der Waals surface area contributed by atoms with Crippen molar-refractivity contribution in [2.45, 2.75) is 18.6 Å². The summed E-state index contributed by atoms with van der Waals surface area (Å²) >= 11 is 13.1. The zero-order valence-corrected chi connectivity index (χ0v) is 18.6. The Kier molecular flexibility index (Phi) is 6.74. The normalized spacial score (nSPS) is 16.4. The molecule has 1 aromatic carbocycles. The number of hydrogen-bond donors (Lipinski definition) is 2. The first-order chi connectivity index (χ1) is 14.2. The summed E-state index contributed by atoms with van der Waals surface area (Å²) in [5.74, 6) is -0.940. The molecule has 0 aliphatic carbocycles. The summed E-state index contributed by atoms with van der Waals surface area (Å²) in [6, 6.07) is 4.96. The summed E-state index contributed by atoms with van der Waals surface area (Å²) in [5.41, 5.74) is 3.99. The molecule has 3 rings (SSSR count). The first kappa shape index (κ1) is 22.2. The molecular formula is C19H18Cl2N4O4S. The number of rotatable bonds is 5. The average molecular weight is 469 g/mol. The zero-order valence-electron chi connectivity index (χ0n) is 16.3. The number of ether oxygens (including phenoxy) is 1. The summed E-state index contributed by atoms with van der Waals surface area (Å²) in [5, 5.41) is 19.3. The van der Waals surface area contributed by atoms with Gasteiger partial charge < -0.3 is 9.84 Å². The summed E-state index contributed by atoms with van der Waals surface area (Å²) in [6.45, 7) is 1.61. The van der Waals surface area contributed by atoms with Crippen molar-refractivity contribution in [1.29, 1.82) is 0 Å². The molecule has 1 aromatic heterocycles. The van der Waals surface area contributed by atoms with Gasteiger partial charge in [-0.25, -0.2) is 5.43 Å². The van der Waals surface area contributed by atoms with Gasteiger partial charge in [0, 0.05) is 12.6 Å². The van der Waals surface area contributed by atoms with Gasteiger partial charge in [0.15, 0.2) is 11.4 Å². The lowest BCUT2D eigenvalue weighted by molar-refractivity contribution is -0.139. The number of aromatic nitrogens is 2. The maximum atomic E-state index is 12.3. The number of nitrogens with one attached hydrogen (secondary N) is 1. The molecule has 0 spiro atoms. The van der Waals surface area contributed by atoms with E-state index in [1.807, 2.05) is 0 Å². The summed E-state index contributed by atoms with van der Waals surface area (Å²) in [7, 11) is 2.97. The molecule has 1 unspecified atom stereocenters. The van der Waals surface area contributed by atoms with Crippen LogP contribution in [0.4, 0.5) is 0 Å². The van der Waals surface area contributed by atoms with E-state index in [1.165, 1.54) is 11.8 Å². The van der Waals surface area contributed by atoms with Crippen LogP contribution >= 0.6 is 35.0 Å². The molecule has 1 aliphatic heterocycles. The van der Waals surface area contributed by atoms with E-state index in [9.17, 15) is 14.7 Å². The molecule has 1 amide bonds. The van der Waals surface area contributed by atoms with Crippen molar-refractivity contribution in [2.24, 2.45) is 12.1 Å². The van der Waals surface area contributed by atoms with E-state index in [2.05, 4.69) is 20.4 Å². The van der Waals surface area contributed by atoms with Gasteiger partial charge in [0.25, 0.3) is 5.91 Å². The lowest BCUT2D eigenvalue weighted by Gasteiger charge is -2.06. The van der Waals surface area contributed by atoms with Crippen LogP contribution in [0.3, 0.4) is 0 Å². The first-order valence-corrected chi connectivity index (χ1v) is 10.4. The minimum Gasteiger partial charge on any atom is -0.504 e. The molecule has 1 aliphatic rings. The minimum absolute atomic E-state index is 0.105. The molecule has 0 fully saturated rings. The largest absolute Gasteiger partial charge is 0.504 e. The lowest BCUT2D eigenvalue weighted by Crippen LogP contribution is -2.21. The van der Waals surface area contributed by atoms with Crippen molar-refractivity contribution in [1.82, 2.24) is 15.2 Å². The maximum absolute atomic E-state index is 12.3. The second-order valence-electron chi connectivity index (χ2n) is 6.37. The highest BCUT2D eigenvalue weighted by molar-refractivity contribution is 8.05. The number of amides is 1. The Hall–Kier alpha value is -2.49. The van der Waals surface area contributed by atoms with Crippen LogP contribution in [0.25, 0.3) is 11.3 Å². The topological polar surface area (TPSA) is 106 Å². The third-order valence-corrected chi connectivity index (χ3v) is 6.37. The highest BCUT2D eigenvalue weighted by Gasteiger charge is 2.29. The van der Waals surface area contributed by atoms with E-state index in [0.29, 0.717) is 38.3 Å². The Balaban J connectivity index is 1.76. The SMILES string of the molecule is COC(=O)C1CC=C(C(=O)N/N=C(\C)c2nn(C)c(-c3ccc(Cl)c(Cl)c3)c2O)S1. The molecule has 1 atom stereocenters. The number of carbonyl (C=O) groups excluding carboxylic acids is 2. The molecule has 0 saturated heterocycles. The number of thioether (sulfide) groups is 1. The van der Waals surface area contributed by atoms with E-state index >= 15 is 0 Å². The zero-order chi connectivity index (χ0) is 22.0. The number of esters is 1. The lowest BCUT2D eigenvalue weighted by atomic mass is 10.1. The van der Waals surface area contributed by atoms with Gasteiger partial charge in [-0.2, -0.15) is 10.2 Å². The number of aromatic hydroxyl groups is 1. The predicted molar refractivity (Wildman–Crippen MR) is 117 cm³/mol. The number of halogens is 2. The molecule has 158 valence electrons. The molecule has 0 saturated carbocycles. The van der Waals surface area contributed by atoms with Crippen LogP contribution in [-0.2, 0) is 21.4 Å². The van der Waals surface area contributed by atoms with Crippen molar-refractivity contribution < 1.29 is 19.4 Å². The maximum Gasteiger partial charge on any atom is 0.319 e.